The number of aliphatic carboxylic acids is 1. The quantitative estimate of drug-likeness (QED) is 0.783. The summed E-state index contributed by atoms with van der Waals surface area (Å²) in [6, 6.07) is 0. The molecule has 2 aliphatic rings. The summed E-state index contributed by atoms with van der Waals surface area (Å²) in [4.78, 5) is 25.8. The average Bonchev–Trinajstić information content (AvgIpc) is 2.63. The summed E-state index contributed by atoms with van der Waals surface area (Å²) in [5.41, 5.74) is -1.02. The molecule has 1 aliphatic carbocycles. The lowest BCUT2D eigenvalue weighted by Crippen LogP contribution is -2.42. The fourth-order valence-electron chi connectivity index (χ4n) is 3.41. The van der Waals surface area contributed by atoms with Gasteiger partial charge in [0.05, 0.1) is 5.41 Å². The maximum Gasteiger partial charge on any atom is 0.311 e. The van der Waals surface area contributed by atoms with Gasteiger partial charge in [-0.1, -0.05) is 32.6 Å². The van der Waals surface area contributed by atoms with Gasteiger partial charge in [0, 0.05) is 18.5 Å². The van der Waals surface area contributed by atoms with E-state index in [-0.39, 0.29) is 11.3 Å². The first-order chi connectivity index (χ1) is 8.87. The van der Waals surface area contributed by atoms with Crippen molar-refractivity contribution in [3.63, 3.8) is 0 Å². The molecule has 1 heterocycles. The molecule has 2 fully saturated rings. The van der Waals surface area contributed by atoms with Crippen LogP contribution in [0.15, 0.2) is 0 Å². The standard InChI is InChI=1S/C15H25NO3/c1-14(7-5-3-4-6-8-14)12(17)16-10-9-15(2,11-16)13(18)19/h3-11H2,1-2H3,(H,18,19). The summed E-state index contributed by atoms with van der Waals surface area (Å²) in [6.45, 7) is 4.78. The first-order valence-corrected chi connectivity index (χ1v) is 7.40. The van der Waals surface area contributed by atoms with Crippen molar-refractivity contribution in [3.05, 3.63) is 0 Å². The monoisotopic (exact) mass is 267 g/mol. The molecule has 1 atom stereocenters. The van der Waals surface area contributed by atoms with Crippen molar-refractivity contribution in [1.29, 1.82) is 0 Å². The van der Waals surface area contributed by atoms with Crippen LogP contribution in [0.5, 0.6) is 0 Å². The van der Waals surface area contributed by atoms with Gasteiger partial charge < -0.3 is 10.0 Å². The molecule has 0 aromatic rings. The number of amides is 1. The van der Waals surface area contributed by atoms with E-state index in [1.54, 1.807) is 11.8 Å². The first kappa shape index (κ1) is 14.4. The van der Waals surface area contributed by atoms with Crippen LogP contribution < -0.4 is 0 Å². The summed E-state index contributed by atoms with van der Waals surface area (Å²) < 4.78 is 0. The van der Waals surface area contributed by atoms with Crippen molar-refractivity contribution in [2.45, 2.75) is 58.8 Å². The van der Waals surface area contributed by atoms with Crippen molar-refractivity contribution in [3.8, 4) is 0 Å². The molecular weight excluding hydrogens is 242 g/mol. The zero-order valence-electron chi connectivity index (χ0n) is 12.1. The van der Waals surface area contributed by atoms with E-state index in [1.807, 2.05) is 0 Å². The molecule has 1 N–H and O–H groups in total. The van der Waals surface area contributed by atoms with Crippen LogP contribution in [-0.2, 0) is 9.59 Å². The molecule has 1 unspecified atom stereocenters. The van der Waals surface area contributed by atoms with E-state index in [4.69, 9.17) is 0 Å². The Morgan fingerprint density at radius 3 is 2.00 bits per heavy atom. The van der Waals surface area contributed by atoms with Crippen LogP contribution in [0.2, 0.25) is 0 Å². The van der Waals surface area contributed by atoms with Crippen LogP contribution in [0.4, 0.5) is 0 Å². The van der Waals surface area contributed by atoms with Crippen molar-refractivity contribution in [2.75, 3.05) is 13.1 Å². The fourth-order valence-corrected chi connectivity index (χ4v) is 3.41. The molecule has 0 aromatic carbocycles. The Labute approximate surface area is 115 Å². The number of likely N-dealkylation sites (tertiary alicyclic amines) is 1. The van der Waals surface area contributed by atoms with E-state index in [1.165, 1.54) is 12.8 Å². The van der Waals surface area contributed by atoms with Gasteiger partial charge in [-0.2, -0.15) is 0 Å². The van der Waals surface area contributed by atoms with Gasteiger partial charge >= 0.3 is 5.97 Å². The number of carboxylic acid groups (broad SMARTS) is 1. The molecule has 0 bridgehead atoms. The predicted octanol–water partition coefficient (Wildman–Crippen LogP) is 2.67. The Balaban J connectivity index is 2.06. The molecule has 0 radical (unpaired) electrons. The van der Waals surface area contributed by atoms with E-state index >= 15 is 0 Å². The number of carboxylic acids is 1. The van der Waals surface area contributed by atoms with Crippen molar-refractivity contribution < 1.29 is 14.7 Å². The topological polar surface area (TPSA) is 57.6 Å². The average molecular weight is 267 g/mol. The Morgan fingerprint density at radius 1 is 0.947 bits per heavy atom. The number of rotatable bonds is 2. The third-order valence-corrected chi connectivity index (χ3v) is 5.00. The predicted molar refractivity (Wildman–Crippen MR) is 72.7 cm³/mol. The van der Waals surface area contributed by atoms with Gasteiger partial charge in [-0.15, -0.1) is 0 Å². The molecule has 1 saturated heterocycles. The lowest BCUT2D eigenvalue weighted by atomic mass is 9.81. The highest BCUT2D eigenvalue weighted by Gasteiger charge is 2.46. The Kier molecular flexibility index (Phi) is 3.88. The van der Waals surface area contributed by atoms with Gasteiger partial charge in [-0.25, -0.2) is 0 Å². The summed E-state index contributed by atoms with van der Waals surface area (Å²) in [7, 11) is 0. The van der Waals surface area contributed by atoms with Crippen LogP contribution in [0.1, 0.15) is 58.8 Å². The molecule has 2 rings (SSSR count). The maximum atomic E-state index is 12.7. The van der Waals surface area contributed by atoms with Crippen LogP contribution in [0, 0.1) is 10.8 Å². The summed E-state index contributed by atoms with van der Waals surface area (Å²) in [5.74, 6) is -0.604. The van der Waals surface area contributed by atoms with E-state index in [2.05, 4.69) is 6.92 Å². The van der Waals surface area contributed by atoms with Gasteiger partial charge in [0.25, 0.3) is 0 Å². The van der Waals surface area contributed by atoms with Crippen LogP contribution in [0.25, 0.3) is 0 Å². The minimum absolute atomic E-state index is 0.180. The van der Waals surface area contributed by atoms with Gasteiger partial charge in [-0.05, 0) is 26.2 Å². The third kappa shape index (κ3) is 2.77. The Bertz CT molecular complexity index is 372. The van der Waals surface area contributed by atoms with Crippen LogP contribution in [-0.4, -0.2) is 35.0 Å². The van der Waals surface area contributed by atoms with Crippen LogP contribution in [0.3, 0.4) is 0 Å². The molecule has 0 spiro atoms. The number of carbonyl (C=O) groups is 2. The minimum atomic E-state index is -0.784. The van der Waals surface area contributed by atoms with E-state index in [0.29, 0.717) is 19.5 Å². The maximum absolute atomic E-state index is 12.7. The molecule has 1 amide bonds. The molecule has 1 saturated carbocycles. The number of hydrogen-bond donors (Lipinski definition) is 1. The highest BCUT2D eigenvalue weighted by Crippen LogP contribution is 2.39. The summed E-state index contributed by atoms with van der Waals surface area (Å²) in [5, 5.41) is 9.25. The van der Waals surface area contributed by atoms with Crippen LogP contribution >= 0.6 is 0 Å². The zero-order valence-corrected chi connectivity index (χ0v) is 12.1. The second kappa shape index (κ2) is 5.14. The molecule has 19 heavy (non-hydrogen) atoms. The van der Waals surface area contributed by atoms with E-state index in [0.717, 1.165) is 25.7 Å². The SMILES string of the molecule is CC1(C(=O)O)CCN(C(=O)C2(C)CCCCCC2)C1. The lowest BCUT2D eigenvalue weighted by molar-refractivity contribution is -0.148. The lowest BCUT2D eigenvalue weighted by Gasteiger charge is -2.32. The van der Waals surface area contributed by atoms with Gasteiger partial charge in [-0.3, -0.25) is 9.59 Å². The first-order valence-electron chi connectivity index (χ1n) is 7.40. The third-order valence-electron chi connectivity index (χ3n) is 5.00. The molecule has 0 aromatic heterocycles. The van der Waals surface area contributed by atoms with Gasteiger partial charge in [0.15, 0.2) is 0 Å². The second-order valence-corrected chi connectivity index (χ2v) is 6.82. The smallest absolute Gasteiger partial charge is 0.311 e. The largest absolute Gasteiger partial charge is 0.481 e. The molecule has 4 heteroatoms. The molecular formula is C15H25NO3. The van der Waals surface area contributed by atoms with Crippen molar-refractivity contribution in [1.82, 2.24) is 4.90 Å². The highest BCUT2D eigenvalue weighted by molar-refractivity contribution is 5.84. The van der Waals surface area contributed by atoms with E-state index in [9.17, 15) is 14.7 Å². The van der Waals surface area contributed by atoms with Gasteiger partial charge in [0.1, 0.15) is 0 Å². The van der Waals surface area contributed by atoms with Crippen molar-refractivity contribution >= 4 is 11.9 Å². The number of nitrogens with zero attached hydrogens (tertiary/aromatic N) is 1. The summed E-state index contributed by atoms with van der Waals surface area (Å²) in [6.07, 6.45) is 7.15. The Morgan fingerprint density at radius 2 is 1.53 bits per heavy atom. The number of hydrogen-bond acceptors (Lipinski definition) is 2. The normalized spacial score (nSPS) is 30.9. The Hall–Kier alpha value is -1.06. The summed E-state index contributed by atoms with van der Waals surface area (Å²) >= 11 is 0. The van der Waals surface area contributed by atoms with E-state index < -0.39 is 11.4 Å². The molecule has 4 nitrogen and oxygen atoms in total. The zero-order chi connectivity index (χ0) is 14.1. The molecule has 1 aliphatic heterocycles. The number of carbonyl (C=O) groups excluding carboxylic acids is 1. The second-order valence-electron chi connectivity index (χ2n) is 6.82. The van der Waals surface area contributed by atoms with Crippen molar-refractivity contribution in [2.24, 2.45) is 10.8 Å². The fraction of sp³-hybridized carbons (Fsp3) is 0.867. The minimum Gasteiger partial charge on any atom is -0.481 e. The van der Waals surface area contributed by atoms with Gasteiger partial charge in [0.2, 0.25) is 5.91 Å². The molecule has 108 valence electrons. The highest BCUT2D eigenvalue weighted by atomic mass is 16.4.